The molecule has 1 fully saturated rings. The molecular weight excluding hydrogens is 414 g/mol. The molecule has 1 aromatic heterocycles. The van der Waals surface area contributed by atoms with Gasteiger partial charge in [-0.25, -0.2) is 4.98 Å². The Balaban J connectivity index is 1.42. The number of aromatic nitrogens is 2. The highest BCUT2D eigenvalue weighted by Crippen LogP contribution is 2.22. The standard InChI is InChI=1S/C23H26ClN5O2/c1-16(30)25-21(17-7-9-18(24)10-8-17)15-22(31)28-11-4-12-29(14-13-28)23-26-19-5-2-3-6-20(19)27-23/h2-3,5-10,21H,4,11-15H2,1H3,(H,25,30)(H,26,27). The molecule has 31 heavy (non-hydrogen) atoms. The fourth-order valence-corrected chi connectivity index (χ4v) is 4.09. The van der Waals surface area contributed by atoms with Gasteiger partial charge in [0.25, 0.3) is 0 Å². The second-order valence-corrected chi connectivity index (χ2v) is 8.24. The maximum absolute atomic E-state index is 13.1. The molecule has 8 heteroatoms. The fraction of sp³-hybridized carbons (Fsp3) is 0.348. The normalized spacial score (nSPS) is 15.5. The molecule has 0 bridgehead atoms. The average molecular weight is 440 g/mol. The highest BCUT2D eigenvalue weighted by molar-refractivity contribution is 6.30. The van der Waals surface area contributed by atoms with Crippen LogP contribution < -0.4 is 10.2 Å². The number of imidazole rings is 1. The van der Waals surface area contributed by atoms with Gasteiger partial charge in [-0.2, -0.15) is 0 Å². The number of anilines is 1. The minimum atomic E-state index is -0.378. The molecule has 1 aliphatic rings. The lowest BCUT2D eigenvalue weighted by Gasteiger charge is -2.25. The van der Waals surface area contributed by atoms with Crippen LogP contribution in [0, 0.1) is 0 Å². The second-order valence-electron chi connectivity index (χ2n) is 7.81. The Labute approximate surface area is 186 Å². The lowest BCUT2D eigenvalue weighted by atomic mass is 10.0. The minimum absolute atomic E-state index is 0.0279. The third kappa shape index (κ3) is 5.17. The smallest absolute Gasteiger partial charge is 0.225 e. The van der Waals surface area contributed by atoms with Crippen LogP contribution in [0.2, 0.25) is 5.02 Å². The number of H-pyrrole nitrogens is 1. The van der Waals surface area contributed by atoms with Crippen molar-refractivity contribution in [3.05, 3.63) is 59.1 Å². The molecule has 4 rings (SSSR count). The van der Waals surface area contributed by atoms with Gasteiger partial charge in [-0.3, -0.25) is 9.59 Å². The number of amides is 2. The van der Waals surface area contributed by atoms with Crippen molar-refractivity contribution in [1.29, 1.82) is 0 Å². The van der Waals surface area contributed by atoms with E-state index < -0.39 is 0 Å². The molecule has 0 spiro atoms. The van der Waals surface area contributed by atoms with Crippen LogP contribution in [0.3, 0.4) is 0 Å². The Morgan fingerprint density at radius 1 is 1.10 bits per heavy atom. The van der Waals surface area contributed by atoms with Gasteiger partial charge in [0.2, 0.25) is 17.8 Å². The van der Waals surface area contributed by atoms with Gasteiger partial charge in [-0.15, -0.1) is 0 Å². The number of hydrogen-bond acceptors (Lipinski definition) is 4. The zero-order chi connectivity index (χ0) is 21.8. The fourth-order valence-electron chi connectivity index (χ4n) is 3.96. The van der Waals surface area contributed by atoms with E-state index in [0.717, 1.165) is 35.5 Å². The number of nitrogens with zero attached hydrogens (tertiary/aromatic N) is 3. The van der Waals surface area contributed by atoms with Crippen molar-refractivity contribution in [2.75, 3.05) is 31.1 Å². The summed E-state index contributed by atoms with van der Waals surface area (Å²) in [7, 11) is 0. The zero-order valence-corrected chi connectivity index (χ0v) is 18.2. The highest BCUT2D eigenvalue weighted by Gasteiger charge is 2.24. The van der Waals surface area contributed by atoms with Crippen LogP contribution in [-0.2, 0) is 9.59 Å². The van der Waals surface area contributed by atoms with Crippen molar-refractivity contribution in [2.24, 2.45) is 0 Å². The molecule has 1 atom stereocenters. The topological polar surface area (TPSA) is 81.3 Å². The first kappa shape index (κ1) is 21.2. The molecular formula is C23H26ClN5O2. The molecule has 2 aromatic carbocycles. The van der Waals surface area contributed by atoms with E-state index in [9.17, 15) is 9.59 Å². The summed E-state index contributed by atoms with van der Waals surface area (Å²) in [5.74, 6) is 0.701. The van der Waals surface area contributed by atoms with Crippen LogP contribution in [0.4, 0.5) is 5.95 Å². The molecule has 1 aliphatic heterocycles. The summed E-state index contributed by atoms with van der Waals surface area (Å²) in [6.45, 7) is 4.30. The molecule has 162 valence electrons. The first-order valence-electron chi connectivity index (χ1n) is 10.5. The third-order valence-corrected chi connectivity index (χ3v) is 5.81. The average Bonchev–Trinajstić information content (AvgIpc) is 3.02. The van der Waals surface area contributed by atoms with E-state index >= 15 is 0 Å². The van der Waals surface area contributed by atoms with E-state index in [-0.39, 0.29) is 24.3 Å². The van der Waals surface area contributed by atoms with Crippen molar-refractivity contribution >= 4 is 40.4 Å². The first-order valence-corrected chi connectivity index (χ1v) is 10.9. The van der Waals surface area contributed by atoms with E-state index in [2.05, 4.69) is 20.2 Å². The van der Waals surface area contributed by atoms with Crippen LogP contribution in [0.5, 0.6) is 0 Å². The van der Waals surface area contributed by atoms with E-state index in [0.29, 0.717) is 24.7 Å². The lowest BCUT2D eigenvalue weighted by molar-refractivity contribution is -0.131. The van der Waals surface area contributed by atoms with Gasteiger partial charge in [0.05, 0.1) is 23.5 Å². The number of aromatic amines is 1. The van der Waals surface area contributed by atoms with Crippen LogP contribution in [0.25, 0.3) is 11.0 Å². The van der Waals surface area contributed by atoms with Crippen molar-refractivity contribution in [2.45, 2.75) is 25.8 Å². The number of para-hydroxylation sites is 2. The summed E-state index contributed by atoms with van der Waals surface area (Å²) in [4.78, 5) is 36.9. The van der Waals surface area contributed by atoms with Crippen molar-refractivity contribution in [3.63, 3.8) is 0 Å². The number of carbonyl (C=O) groups is 2. The van der Waals surface area contributed by atoms with E-state index in [1.807, 2.05) is 41.3 Å². The molecule has 1 unspecified atom stereocenters. The van der Waals surface area contributed by atoms with Gasteiger partial charge in [0.1, 0.15) is 0 Å². The van der Waals surface area contributed by atoms with Gasteiger partial charge < -0.3 is 20.1 Å². The molecule has 2 heterocycles. The zero-order valence-electron chi connectivity index (χ0n) is 17.5. The van der Waals surface area contributed by atoms with Crippen molar-refractivity contribution < 1.29 is 9.59 Å². The number of carbonyl (C=O) groups excluding carboxylic acids is 2. The number of fused-ring (bicyclic) bond motifs is 1. The van der Waals surface area contributed by atoms with Gasteiger partial charge in [-0.05, 0) is 36.2 Å². The number of benzene rings is 2. The van der Waals surface area contributed by atoms with E-state index in [1.165, 1.54) is 6.92 Å². The summed E-state index contributed by atoms with van der Waals surface area (Å²) < 4.78 is 0. The van der Waals surface area contributed by atoms with Gasteiger partial charge in [0, 0.05) is 38.1 Å². The van der Waals surface area contributed by atoms with E-state index in [1.54, 1.807) is 12.1 Å². The maximum atomic E-state index is 13.1. The SMILES string of the molecule is CC(=O)NC(CC(=O)N1CCCN(c2nc3ccccc3[nH]2)CC1)c1ccc(Cl)cc1. The van der Waals surface area contributed by atoms with Crippen molar-refractivity contribution in [3.8, 4) is 0 Å². The molecule has 1 saturated heterocycles. The predicted molar refractivity (Wildman–Crippen MR) is 122 cm³/mol. The quantitative estimate of drug-likeness (QED) is 0.637. The molecule has 2 amide bonds. The Hall–Kier alpha value is -3.06. The van der Waals surface area contributed by atoms with Gasteiger partial charge in [-0.1, -0.05) is 35.9 Å². The third-order valence-electron chi connectivity index (χ3n) is 5.55. The minimum Gasteiger partial charge on any atom is -0.349 e. The second kappa shape index (κ2) is 9.39. The van der Waals surface area contributed by atoms with E-state index in [4.69, 9.17) is 11.6 Å². The largest absolute Gasteiger partial charge is 0.349 e. The molecule has 0 saturated carbocycles. The number of nitrogens with one attached hydrogen (secondary N) is 2. The number of hydrogen-bond donors (Lipinski definition) is 2. The summed E-state index contributed by atoms with van der Waals surface area (Å²) in [6.07, 6.45) is 1.07. The van der Waals surface area contributed by atoms with Crippen LogP contribution >= 0.6 is 11.6 Å². The summed E-state index contributed by atoms with van der Waals surface area (Å²) in [5, 5.41) is 3.52. The molecule has 3 aromatic rings. The summed E-state index contributed by atoms with van der Waals surface area (Å²) >= 11 is 5.98. The molecule has 0 radical (unpaired) electrons. The molecule has 0 aliphatic carbocycles. The summed E-state index contributed by atoms with van der Waals surface area (Å²) in [5.41, 5.74) is 2.82. The molecule has 7 nitrogen and oxygen atoms in total. The lowest BCUT2D eigenvalue weighted by Crippen LogP contribution is -2.38. The first-order chi connectivity index (χ1) is 15.0. The van der Waals surface area contributed by atoms with Gasteiger partial charge in [0.15, 0.2) is 0 Å². The number of rotatable bonds is 5. The Morgan fingerprint density at radius 3 is 2.61 bits per heavy atom. The van der Waals surface area contributed by atoms with Gasteiger partial charge >= 0.3 is 0 Å². The summed E-state index contributed by atoms with van der Waals surface area (Å²) in [6, 6.07) is 14.8. The van der Waals surface area contributed by atoms with Crippen LogP contribution in [0.15, 0.2) is 48.5 Å². The van der Waals surface area contributed by atoms with Crippen LogP contribution in [-0.4, -0.2) is 52.9 Å². The monoisotopic (exact) mass is 439 g/mol. The maximum Gasteiger partial charge on any atom is 0.225 e. The molecule has 2 N–H and O–H groups in total. The highest BCUT2D eigenvalue weighted by atomic mass is 35.5. The predicted octanol–water partition coefficient (Wildman–Crippen LogP) is 3.52. The Bertz CT molecular complexity index is 1030. The van der Waals surface area contributed by atoms with Crippen LogP contribution in [0.1, 0.15) is 31.4 Å². The number of halogens is 1. The van der Waals surface area contributed by atoms with Crippen molar-refractivity contribution in [1.82, 2.24) is 20.2 Å². The Kier molecular flexibility index (Phi) is 6.42. The Morgan fingerprint density at radius 2 is 1.87 bits per heavy atom.